The quantitative estimate of drug-likeness (QED) is 0.190. The minimum atomic E-state index is -0.385. The van der Waals surface area contributed by atoms with Crippen molar-refractivity contribution in [1.29, 1.82) is 0 Å². The van der Waals surface area contributed by atoms with Crippen molar-refractivity contribution in [3.05, 3.63) is 83.3 Å². The van der Waals surface area contributed by atoms with Crippen LogP contribution in [0.25, 0.3) is 5.69 Å². The van der Waals surface area contributed by atoms with Gasteiger partial charge in [-0.05, 0) is 63.1 Å². The van der Waals surface area contributed by atoms with Crippen LogP contribution in [0.3, 0.4) is 0 Å². The van der Waals surface area contributed by atoms with Crippen molar-refractivity contribution in [1.82, 2.24) is 15.1 Å². The number of hydrogen-bond acceptors (Lipinski definition) is 6. The molecule has 0 radical (unpaired) electrons. The van der Waals surface area contributed by atoms with Crippen LogP contribution in [0.2, 0.25) is 0 Å². The average Bonchev–Trinajstić information content (AvgIpc) is 3.24. The number of rotatable bonds is 9. The molecule has 2 aromatic carbocycles. The zero-order valence-corrected chi connectivity index (χ0v) is 19.6. The molecule has 1 aromatic heterocycles. The Morgan fingerprint density at radius 1 is 1.12 bits per heavy atom. The Labute approximate surface area is 198 Å². The lowest BCUT2D eigenvalue weighted by atomic mass is 10.1. The third-order valence-corrected chi connectivity index (χ3v) is 4.96. The predicted octanol–water partition coefficient (Wildman–Crippen LogP) is 4.40. The fraction of sp³-hybridized carbons (Fsp3) is 0.200. The summed E-state index contributed by atoms with van der Waals surface area (Å²) in [5, 5.41) is 16.7. The highest BCUT2D eigenvalue weighted by molar-refractivity contribution is 6.09. The van der Waals surface area contributed by atoms with Crippen molar-refractivity contribution >= 4 is 29.7 Å². The molecule has 9 nitrogen and oxygen atoms in total. The van der Waals surface area contributed by atoms with Crippen molar-refractivity contribution in [2.45, 2.75) is 27.7 Å². The van der Waals surface area contributed by atoms with Gasteiger partial charge in [0.25, 0.3) is 11.8 Å². The summed E-state index contributed by atoms with van der Waals surface area (Å²) in [5.41, 5.74) is 4.00. The molecule has 0 bridgehead atoms. The number of para-hydroxylation sites is 1. The Bertz CT molecular complexity index is 1230. The molecule has 0 saturated heterocycles. The third kappa shape index (κ3) is 5.69. The molecule has 0 aliphatic carbocycles. The van der Waals surface area contributed by atoms with Gasteiger partial charge in [-0.2, -0.15) is 5.10 Å². The van der Waals surface area contributed by atoms with Crippen molar-refractivity contribution in [3.8, 4) is 5.69 Å². The van der Waals surface area contributed by atoms with Gasteiger partial charge in [-0.3, -0.25) is 9.59 Å². The molecule has 0 aliphatic rings. The lowest BCUT2D eigenvalue weighted by Crippen LogP contribution is -2.22. The molecular weight excluding hydrogens is 432 g/mol. The monoisotopic (exact) mass is 460 g/mol. The van der Waals surface area contributed by atoms with Crippen molar-refractivity contribution in [3.63, 3.8) is 0 Å². The predicted molar refractivity (Wildman–Crippen MR) is 133 cm³/mol. The highest BCUT2D eigenvalue weighted by Gasteiger charge is 2.20. The van der Waals surface area contributed by atoms with Crippen LogP contribution < -0.4 is 16.0 Å². The second-order valence-electron chi connectivity index (χ2n) is 7.40. The lowest BCUT2D eigenvalue weighted by Gasteiger charge is -2.13. The molecule has 3 aromatic rings. The van der Waals surface area contributed by atoms with Crippen molar-refractivity contribution in [2.75, 3.05) is 17.2 Å². The molecule has 34 heavy (non-hydrogen) atoms. The van der Waals surface area contributed by atoms with Gasteiger partial charge in [0.1, 0.15) is 24.0 Å². The SMILES string of the molecule is C/C=C\O/N=C/NC(=O)c1ccc(C)c(NC(=O)c2cnn(-c3ccccc3C)c2NCC)c1. The number of nitrogens with zero attached hydrogens (tertiary/aromatic N) is 3. The van der Waals surface area contributed by atoms with E-state index in [9.17, 15) is 9.59 Å². The number of aryl methyl sites for hydroxylation is 2. The second kappa shape index (κ2) is 11.5. The summed E-state index contributed by atoms with van der Waals surface area (Å²) in [6.07, 6.45) is 5.74. The van der Waals surface area contributed by atoms with Crippen LogP contribution in [0.1, 0.15) is 45.7 Å². The molecule has 3 N–H and O–H groups in total. The first-order valence-corrected chi connectivity index (χ1v) is 10.9. The Balaban J connectivity index is 1.83. The van der Waals surface area contributed by atoms with Gasteiger partial charge in [0.05, 0.1) is 11.9 Å². The number of amides is 2. The standard InChI is InChI=1S/C25H28N6O3/c1-5-13-34-29-16-27-24(32)19-12-11-17(3)21(14-19)30-25(33)20-15-28-31(23(20)26-6-2)22-10-8-7-9-18(22)4/h5,7-16,26H,6H2,1-4H3,(H,30,33)(H,27,29,32)/b13-5-. The number of aromatic nitrogens is 2. The van der Waals surface area contributed by atoms with E-state index < -0.39 is 0 Å². The fourth-order valence-electron chi connectivity index (χ4n) is 3.22. The van der Waals surface area contributed by atoms with Crippen LogP contribution in [-0.2, 0) is 4.84 Å². The summed E-state index contributed by atoms with van der Waals surface area (Å²) in [4.78, 5) is 30.4. The molecule has 1 heterocycles. The first kappa shape index (κ1) is 24.2. The molecule has 0 spiro atoms. The summed E-state index contributed by atoms with van der Waals surface area (Å²) in [6.45, 7) is 8.20. The van der Waals surface area contributed by atoms with Crippen molar-refractivity contribution in [2.24, 2.45) is 5.16 Å². The molecule has 3 rings (SSSR count). The van der Waals surface area contributed by atoms with Gasteiger partial charge in [-0.1, -0.05) is 29.4 Å². The topological polar surface area (TPSA) is 110 Å². The van der Waals surface area contributed by atoms with E-state index in [4.69, 9.17) is 4.84 Å². The number of nitrogens with one attached hydrogen (secondary N) is 3. The van der Waals surface area contributed by atoms with Gasteiger partial charge in [0.15, 0.2) is 0 Å². The molecule has 9 heteroatoms. The Hall–Kier alpha value is -4.40. The zero-order chi connectivity index (χ0) is 24.5. The van der Waals surface area contributed by atoms with Gasteiger partial charge < -0.3 is 20.8 Å². The van der Waals surface area contributed by atoms with Gasteiger partial charge in [-0.15, -0.1) is 0 Å². The molecule has 0 unspecified atom stereocenters. The second-order valence-corrected chi connectivity index (χ2v) is 7.40. The van der Waals surface area contributed by atoms with Gasteiger partial charge in [-0.25, -0.2) is 4.68 Å². The highest BCUT2D eigenvalue weighted by atomic mass is 16.6. The largest absolute Gasteiger partial charge is 0.370 e. The first-order chi connectivity index (χ1) is 16.5. The summed E-state index contributed by atoms with van der Waals surface area (Å²) >= 11 is 0. The van der Waals surface area contributed by atoms with E-state index in [0.29, 0.717) is 29.2 Å². The van der Waals surface area contributed by atoms with Gasteiger partial charge in [0.2, 0.25) is 0 Å². The highest BCUT2D eigenvalue weighted by Crippen LogP contribution is 2.24. The van der Waals surface area contributed by atoms with E-state index >= 15 is 0 Å². The fourth-order valence-corrected chi connectivity index (χ4v) is 3.22. The normalized spacial score (nSPS) is 11.1. The molecule has 176 valence electrons. The smallest absolute Gasteiger partial charge is 0.261 e. The van der Waals surface area contributed by atoms with E-state index in [1.54, 1.807) is 35.9 Å². The van der Waals surface area contributed by atoms with E-state index in [1.807, 2.05) is 45.0 Å². The van der Waals surface area contributed by atoms with Gasteiger partial charge >= 0.3 is 0 Å². The molecule has 0 fully saturated rings. The maximum Gasteiger partial charge on any atom is 0.261 e. The van der Waals surface area contributed by atoms with Crippen molar-refractivity contribution < 1.29 is 14.4 Å². The molecular formula is C25H28N6O3. The number of carbonyl (C=O) groups excluding carboxylic acids is 2. The first-order valence-electron chi connectivity index (χ1n) is 10.9. The number of carbonyl (C=O) groups is 2. The minimum absolute atomic E-state index is 0.335. The van der Waals surface area contributed by atoms with Crippen LogP contribution in [0, 0.1) is 13.8 Å². The third-order valence-electron chi connectivity index (χ3n) is 4.96. The molecule has 0 atom stereocenters. The van der Waals surface area contributed by atoms with Gasteiger partial charge in [0, 0.05) is 17.8 Å². The van der Waals surface area contributed by atoms with E-state index in [0.717, 1.165) is 23.2 Å². The molecule has 0 aliphatic heterocycles. The number of benzene rings is 2. The van der Waals surface area contributed by atoms with E-state index in [1.165, 1.54) is 12.5 Å². The maximum absolute atomic E-state index is 13.2. The van der Waals surface area contributed by atoms with E-state index in [-0.39, 0.29) is 11.8 Å². The molecule has 0 saturated carbocycles. The number of allylic oxidation sites excluding steroid dienone is 1. The lowest BCUT2D eigenvalue weighted by molar-refractivity contribution is 0.0974. The number of hydrogen-bond donors (Lipinski definition) is 3. The maximum atomic E-state index is 13.2. The Morgan fingerprint density at radius 2 is 1.91 bits per heavy atom. The van der Waals surface area contributed by atoms with Crippen LogP contribution in [0.5, 0.6) is 0 Å². The summed E-state index contributed by atoms with van der Waals surface area (Å²) in [5.74, 6) is -0.125. The summed E-state index contributed by atoms with van der Waals surface area (Å²) in [6, 6.07) is 12.9. The average molecular weight is 461 g/mol. The number of oxime groups is 1. The van der Waals surface area contributed by atoms with Crippen LogP contribution >= 0.6 is 0 Å². The Kier molecular flexibility index (Phi) is 8.17. The van der Waals surface area contributed by atoms with Crippen LogP contribution in [0.15, 0.2) is 66.2 Å². The Morgan fingerprint density at radius 3 is 2.65 bits per heavy atom. The molecule has 2 amide bonds. The van der Waals surface area contributed by atoms with Crippen LogP contribution in [0.4, 0.5) is 11.5 Å². The van der Waals surface area contributed by atoms with E-state index in [2.05, 4.69) is 26.2 Å². The van der Waals surface area contributed by atoms with Crippen LogP contribution in [-0.4, -0.2) is 34.5 Å². The summed E-state index contributed by atoms with van der Waals surface area (Å²) < 4.78 is 1.72. The zero-order valence-electron chi connectivity index (χ0n) is 19.6. The summed E-state index contributed by atoms with van der Waals surface area (Å²) in [7, 11) is 0. The number of anilines is 2. The minimum Gasteiger partial charge on any atom is -0.370 e.